The van der Waals surface area contributed by atoms with Crippen LogP contribution in [0.15, 0.2) is 24.3 Å². The van der Waals surface area contributed by atoms with Gasteiger partial charge in [-0.3, -0.25) is 9.59 Å². The van der Waals surface area contributed by atoms with Crippen LogP contribution in [0.1, 0.15) is 49.7 Å². The summed E-state index contributed by atoms with van der Waals surface area (Å²) in [5.74, 6) is -1.09. The van der Waals surface area contributed by atoms with Gasteiger partial charge in [-0.2, -0.15) is 13.2 Å². The lowest BCUT2D eigenvalue weighted by molar-refractivity contribution is -0.138. The monoisotopic (exact) mass is 342 g/mol. The molecule has 0 spiro atoms. The van der Waals surface area contributed by atoms with E-state index in [1.165, 1.54) is 19.1 Å². The number of halogens is 3. The average Bonchev–Trinajstić information content (AvgIpc) is 2.53. The summed E-state index contributed by atoms with van der Waals surface area (Å²) in [6.45, 7) is 1.13. The van der Waals surface area contributed by atoms with Crippen LogP contribution in [0.25, 0.3) is 0 Å². The lowest BCUT2D eigenvalue weighted by Gasteiger charge is -2.34. The number of hydrogen-bond acceptors (Lipinski definition) is 2. The highest BCUT2D eigenvalue weighted by molar-refractivity contribution is 5.83. The number of rotatable bonds is 4. The van der Waals surface area contributed by atoms with Gasteiger partial charge in [0.2, 0.25) is 11.8 Å². The summed E-state index contributed by atoms with van der Waals surface area (Å²) in [7, 11) is 0. The van der Waals surface area contributed by atoms with Crippen molar-refractivity contribution in [3.05, 3.63) is 35.4 Å². The van der Waals surface area contributed by atoms with Crippen LogP contribution in [-0.4, -0.2) is 24.4 Å². The Hall–Kier alpha value is -2.05. The third kappa shape index (κ3) is 4.72. The first-order chi connectivity index (χ1) is 11.3. The van der Waals surface area contributed by atoms with Crippen LogP contribution in [0.3, 0.4) is 0 Å². The molecule has 24 heavy (non-hydrogen) atoms. The quantitative estimate of drug-likeness (QED) is 0.884. The standard InChI is InChI=1S/C17H21F3N2O2/c1-11(23)21-10-16(24)22-15-9-5-3-7-13(15)12-6-2-4-8-14(12)17(18,19)20/h2,4,6,8,13,15H,3,5,7,9-10H2,1H3,(H,21,23)(H,22,24)/t13-,15+/m1/s1. The van der Waals surface area contributed by atoms with Crippen LogP contribution in [-0.2, 0) is 15.8 Å². The maximum atomic E-state index is 13.3. The minimum absolute atomic E-state index is 0.167. The van der Waals surface area contributed by atoms with Crippen molar-refractivity contribution in [1.29, 1.82) is 0 Å². The third-order valence-electron chi connectivity index (χ3n) is 4.28. The van der Waals surface area contributed by atoms with Gasteiger partial charge in [0.15, 0.2) is 0 Å². The van der Waals surface area contributed by atoms with Crippen LogP contribution < -0.4 is 10.6 Å². The van der Waals surface area contributed by atoms with Crippen LogP contribution in [0.5, 0.6) is 0 Å². The van der Waals surface area contributed by atoms with E-state index in [1.807, 2.05) is 0 Å². The zero-order chi connectivity index (χ0) is 17.7. The second-order valence-electron chi connectivity index (χ2n) is 6.06. The molecule has 1 fully saturated rings. The number of benzene rings is 1. The Morgan fingerprint density at radius 2 is 1.83 bits per heavy atom. The first-order valence-corrected chi connectivity index (χ1v) is 7.99. The Balaban J connectivity index is 2.18. The number of carbonyl (C=O) groups excluding carboxylic acids is 2. The van der Waals surface area contributed by atoms with Gasteiger partial charge in [-0.15, -0.1) is 0 Å². The van der Waals surface area contributed by atoms with Gasteiger partial charge in [0, 0.05) is 18.9 Å². The average molecular weight is 342 g/mol. The Bertz CT molecular complexity index is 602. The van der Waals surface area contributed by atoms with Crippen LogP contribution in [0, 0.1) is 0 Å². The molecule has 4 nitrogen and oxygen atoms in total. The molecule has 1 saturated carbocycles. The fraction of sp³-hybridized carbons (Fsp3) is 0.529. The molecular weight excluding hydrogens is 321 g/mol. The van der Waals surface area contributed by atoms with E-state index in [2.05, 4.69) is 10.6 Å². The lowest BCUT2D eigenvalue weighted by Crippen LogP contribution is -2.45. The number of nitrogens with one attached hydrogen (secondary N) is 2. The maximum Gasteiger partial charge on any atom is 0.416 e. The van der Waals surface area contributed by atoms with Crippen molar-refractivity contribution >= 4 is 11.8 Å². The fourth-order valence-electron chi connectivity index (χ4n) is 3.22. The number of amides is 2. The van der Waals surface area contributed by atoms with Gasteiger partial charge in [-0.05, 0) is 24.5 Å². The van der Waals surface area contributed by atoms with Gasteiger partial charge in [-0.1, -0.05) is 31.0 Å². The fourth-order valence-corrected chi connectivity index (χ4v) is 3.22. The summed E-state index contributed by atoms with van der Waals surface area (Å²) in [5.41, 5.74) is -0.410. The third-order valence-corrected chi connectivity index (χ3v) is 4.28. The summed E-state index contributed by atoms with van der Waals surface area (Å²) < 4.78 is 39.8. The van der Waals surface area contributed by atoms with Gasteiger partial charge in [0.25, 0.3) is 0 Å². The summed E-state index contributed by atoms with van der Waals surface area (Å²) in [4.78, 5) is 22.8. The lowest BCUT2D eigenvalue weighted by atomic mass is 9.78. The Labute approximate surface area is 138 Å². The SMILES string of the molecule is CC(=O)NCC(=O)N[C@H]1CCCC[C@@H]1c1ccccc1C(F)(F)F. The van der Waals surface area contributed by atoms with Gasteiger partial charge < -0.3 is 10.6 Å². The molecule has 2 N–H and O–H groups in total. The molecule has 0 bridgehead atoms. The van der Waals surface area contributed by atoms with E-state index in [4.69, 9.17) is 0 Å². The molecule has 2 rings (SSSR count). The Kier molecular flexibility index (Phi) is 5.85. The minimum atomic E-state index is -4.42. The first-order valence-electron chi connectivity index (χ1n) is 7.99. The topological polar surface area (TPSA) is 58.2 Å². The molecule has 0 aromatic heterocycles. The largest absolute Gasteiger partial charge is 0.416 e. The number of hydrogen-bond donors (Lipinski definition) is 2. The molecule has 0 heterocycles. The van der Waals surface area contributed by atoms with E-state index < -0.39 is 11.7 Å². The molecule has 1 aliphatic carbocycles. The van der Waals surface area contributed by atoms with Gasteiger partial charge in [-0.25, -0.2) is 0 Å². The molecule has 1 aromatic carbocycles. The predicted octanol–water partition coefficient (Wildman–Crippen LogP) is 2.98. The molecule has 0 aliphatic heterocycles. The molecular formula is C17H21F3N2O2. The molecule has 0 radical (unpaired) electrons. The molecule has 2 atom stereocenters. The number of carbonyl (C=O) groups is 2. The predicted molar refractivity (Wildman–Crippen MR) is 83.3 cm³/mol. The molecule has 7 heteroatoms. The summed E-state index contributed by atoms with van der Waals surface area (Å²) in [6, 6.07) is 5.18. The smallest absolute Gasteiger partial charge is 0.351 e. The van der Waals surface area contributed by atoms with Crippen molar-refractivity contribution in [2.45, 2.75) is 50.7 Å². The van der Waals surface area contributed by atoms with Crippen molar-refractivity contribution in [3.8, 4) is 0 Å². The van der Waals surface area contributed by atoms with Crippen LogP contribution in [0.4, 0.5) is 13.2 Å². The van der Waals surface area contributed by atoms with Crippen LogP contribution >= 0.6 is 0 Å². The van der Waals surface area contributed by atoms with E-state index in [9.17, 15) is 22.8 Å². The van der Waals surface area contributed by atoms with E-state index in [-0.39, 0.29) is 35.9 Å². The summed E-state index contributed by atoms with van der Waals surface area (Å²) >= 11 is 0. The van der Waals surface area contributed by atoms with Gasteiger partial charge in [0.05, 0.1) is 12.1 Å². The van der Waals surface area contributed by atoms with Crippen molar-refractivity contribution in [1.82, 2.24) is 10.6 Å². The van der Waals surface area contributed by atoms with Crippen molar-refractivity contribution in [2.75, 3.05) is 6.54 Å². The molecule has 1 aromatic rings. The summed E-state index contributed by atoms with van der Waals surface area (Å²) in [5, 5.41) is 5.17. The van der Waals surface area contributed by atoms with E-state index in [0.717, 1.165) is 18.9 Å². The van der Waals surface area contributed by atoms with E-state index in [1.54, 1.807) is 6.07 Å². The molecule has 2 amide bonds. The normalized spacial score (nSPS) is 21.2. The highest BCUT2D eigenvalue weighted by Crippen LogP contribution is 2.40. The van der Waals surface area contributed by atoms with Crippen molar-refractivity contribution in [2.24, 2.45) is 0 Å². The van der Waals surface area contributed by atoms with Gasteiger partial charge in [0.1, 0.15) is 0 Å². The Morgan fingerprint density at radius 3 is 2.50 bits per heavy atom. The second-order valence-corrected chi connectivity index (χ2v) is 6.06. The Morgan fingerprint density at radius 1 is 1.17 bits per heavy atom. The summed E-state index contributed by atoms with van der Waals surface area (Å²) in [6.07, 6.45) is -1.51. The molecule has 0 unspecified atom stereocenters. The number of alkyl halides is 3. The maximum absolute atomic E-state index is 13.3. The first kappa shape index (κ1) is 18.3. The van der Waals surface area contributed by atoms with E-state index >= 15 is 0 Å². The zero-order valence-corrected chi connectivity index (χ0v) is 13.5. The molecule has 0 saturated heterocycles. The van der Waals surface area contributed by atoms with Crippen molar-refractivity contribution in [3.63, 3.8) is 0 Å². The van der Waals surface area contributed by atoms with Crippen LogP contribution in [0.2, 0.25) is 0 Å². The molecule has 1 aliphatic rings. The van der Waals surface area contributed by atoms with Crippen molar-refractivity contribution < 1.29 is 22.8 Å². The minimum Gasteiger partial charge on any atom is -0.351 e. The second kappa shape index (κ2) is 7.68. The van der Waals surface area contributed by atoms with Gasteiger partial charge >= 0.3 is 6.18 Å². The highest BCUT2D eigenvalue weighted by Gasteiger charge is 2.37. The zero-order valence-electron chi connectivity index (χ0n) is 13.5. The van der Waals surface area contributed by atoms with E-state index in [0.29, 0.717) is 12.8 Å². The molecule has 132 valence electrons. The highest BCUT2D eigenvalue weighted by atomic mass is 19.4.